The Morgan fingerprint density at radius 3 is 2.84 bits per heavy atom. The molecule has 6 rings (SSSR count). The van der Waals surface area contributed by atoms with Gasteiger partial charge in [0.15, 0.2) is 0 Å². The van der Waals surface area contributed by atoms with Crippen LogP contribution in [0.15, 0.2) is 43.2 Å². The highest BCUT2D eigenvalue weighted by Crippen LogP contribution is 2.35. The maximum Gasteiger partial charge on any atom is 0.318 e. The minimum atomic E-state index is -0.236. The van der Waals surface area contributed by atoms with Gasteiger partial charge in [0, 0.05) is 61.3 Å². The lowest BCUT2D eigenvalue weighted by Crippen LogP contribution is -2.55. The van der Waals surface area contributed by atoms with Gasteiger partial charge in [-0.2, -0.15) is 15.2 Å². The summed E-state index contributed by atoms with van der Waals surface area (Å²) in [6.07, 6.45) is 10.0. The quantitative estimate of drug-likeness (QED) is 0.349. The second-order valence-electron chi connectivity index (χ2n) is 11.9. The number of nitriles is 1. The number of aromatic nitrogens is 3. The maximum atomic E-state index is 12.5. The van der Waals surface area contributed by atoms with E-state index in [1.54, 1.807) is 4.90 Å². The molecule has 0 N–H and O–H groups in total. The van der Waals surface area contributed by atoms with E-state index in [0.717, 1.165) is 47.7 Å². The molecule has 1 saturated carbocycles. The van der Waals surface area contributed by atoms with Gasteiger partial charge in [0.1, 0.15) is 12.4 Å². The molecule has 2 aliphatic heterocycles. The van der Waals surface area contributed by atoms with Gasteiger partial charge in [-0.25, -0.2) is 0 Å². The number of amides is 1. The standard InChI is InChI=1S/C33H40N8O2/c1-4-30(42)41-16-15-40(21-26(41)11-13-34)32-27-12-14-39(29-20-35-19-24-8-5-7-23(2)31(24)29)22-28(27)36-33(37-32)43-18-17-38(3)25-9-6-10-25/h4-5,7-8,19-20,25-26H,1,6,9-12,14-18,21-22H2,2-3H3/t26-/m0/s1. The second-order valence-corrected chi connectivity index (χ2v) is 11.9. The number of pyridine rings is 1. The molecule has 1 aliphatic carbocycles. The molecule has 1 saturated heterocycles. The van der Waals surface area contributed by atoms with Crippen molar-refractivity contribution in [2.75, 3.05) is 56.2 Å². The zero-order valence-corrected chi connectivity index (χ0v) is 25.2. The van der Waals surface area contributed by atoms with Crippen molar-refractivity contribution >= 4 is 28.2 Å². The molecule has 10 nitrogen and oxygen atoms in total. The van der Waals surface area contributed by atoms with Gasteiger partial charge in [-0.3, -0.25) is 9.78 Å². The molecule has 3 aliphatic rings. The van der Waals surface area contributed by atoms with Gasteiger partial charge >= 0.3 is 6.01 Å². The smallest absolute Gasteiger partial charge is 0.318 e. The van der Waals surface area contributed by atoms with Gasteiger partial charge in [-0.1, -0.05) is 31.2 Å². The summed E-state index contributed by atoms with van der Waals surface area (Å²) in [6.45, 7) is 10.2. The van der Waals surface area contributed by atoms with Crippen molar-refractivity contribution in [1.82, 2.24) is 24.8 Å². The van der Waals surface area contributed by atoms with Gasteiger partial charge in [-0.05, 0) is 44.9 Å². The monoisotopic (exact) mass is 580 g/mol. The van der Waals surface area contributed by atoms with Crippen LogP contribution in [0.2, 0.25) is 0 Å². The van der Waals surface area contributed by atoms with E-state index in [-0.39, 0.29) is 18.4 Å². The highest BCUT2D eigenvalue weighted by molar-refractivity contribution is 5.96. The SMILES string of the molecule is C=CC(=O)N1CCN(c2nc(OCCN(C)C3CCC3)nc3c2CCN(c2cncc4cccc(C)c24)C3)C[C@@H]1CC#N. The number of anilines is 2. The normalized spacial score (nSPS) is 18.7. The predicted octanol–water partition coefficient (Wildman–Crippen LogP) is 3.88. The van der Waals surface area contributed by atoms with Crippen molar-refractivity contribution in [3.05, 3.63) is 60.1 Å². The minimum Gasteiger partial charge on any atom is -0.462 e. The topological polar surface area (TPSA) is 102 Å². The molecule has 1 amide bonds. The molecule has 2 fully saturated rings. The molecule has 1 atom stereocenters. The van der Waals surface area contributed by atoms with Gasteiger partial charge in [0.2, 0.25) is 5.91 Å². The van der Waals surface area contributed by atoms with E-state index in [1.165, 1.54) is 36.3 Å². The fourth-order valence-corrected chi connectivity index (χ4v) is 6.59. The number of hydrogen-bond acceptors (Lipinski definition) is 9. The molecule has 3 aromatic rings. The van der Waals surface area contributed by atoms with Crippen molar-refractivity contribution in [2.24, 2.45) is 0 Å². The van der Waals surface area contributed by atoms with Crippen LogP contribution in [0.3, 0.4) is 0 Å². The number of carbonyl (C=O) groups is 1. The third-order valence-corrected chi connectivity index (χ3v) is 9.28. The van der Waals surface area contributed by atoms with Gasteiger partial charge in [0.25, 0.3) is 0 Å². The largest absolute Gasteiger partial charge is 0.462 e. The summed E-state index contributed by atoms with van der Waals surface area (Å²) in [4.78, 5) is 35.7. The molecule has 4 heterocycles. The predicted molar refractivity (Wildman–Crippen MR) is 167 cm³/mol. The lowest BCUT2D eigenvalue weighted by Gasteiger charge is -2.42. The van der Waals surface area contributed by atoms with Crippen LogP contribution < -0.4 is 14.5 Å². The number of ether oxygens (including phenoxy) is 1. The summed E-state index contributed by atoms with van der Waals surface area (Å²) in [5, 5.41) is 11.9. The van der Waals surface area contributed by atoms with Crippen LogP contribution >= 0.6 is 0 Å². The van der Waals surface area contributed by atoms with Crippen LogP contribution in [0.25, 0.3) is 10.8 Å². The zero-order chi connectivity index (χ0) is 29.9. The molecule has 0 spiro atoms. The van der Waals surface area contributed by atoms with Crippen LogP contribution in [0.1, 0.15) is 42.5 Å². The van der Waals surface area contributed by atoms with Crippen molar-refractivity contribution in [3.8, 4) is 12.1 Å². The maximum absolute atomic E-state index is 12.5. The van der Waals surface area contributed by atoms with Gasteiger partial charge < -0.3 is 24.3 Å². The molecule has 1 aromatic carbocycles. The van der Waals surface area contributed by atoms with Crippen LogP contribution in [0.4, 0.5) is 11.5 Å². The number of fused-ring (bicyclic) bond motifs is 2. The van der Waals surface area contributed by atoms with Crippen LogP contribution in [0.5, 0.6) is 6.01 Å². The first-order valence-electron chi connectivity index (χ1n) is 15.3. The van der Waals surface area contributed by atoms with E-state index in [1.807, 2.05) is 12.4 Å². The molecule has 10 heteroatoms. The molecular formula is C33H40N8O2. The molecular weight excluding hydrogens is 540 g/mol. The fraction of sp³-hybridized carbons (Fsp3) is 0.485. The Bertz CT molecular complexity index is 1540. The first kappa shape index (κ1) is 28.9. The highest BCUT2D eigenvalue weighted by Gasteiger charge is 2.33. The number of rotatable bonds is 9. The van der Waals surface area contributed by atoms with E-state index in [2.05, 4.69) is 64.5 Å². The third kappa shape index (κ3) is 5.87. The zero-order valence-electron chi connectivity index (χ0n) is 25.2. The Kier molecular flexibility index (Phi) is 8.43. The summed E-state index contributed by atoms with van der Waals surface area (Å²) in [5.74, 6) is 0.715. The van der Waals surface area contributed by atoms with Crippen LogP contribution in [-0.4, -0.2) is 89.1 Å². The number of piperazine rings is 1. The summed E-state index contributed by atoms with van der Waals surface area (Å²) in [6, 6.07) is 9.37. The average Bonchev–Trinajstić information content (AvgIpc) is 2.99. The van der Waals surface area contributed by atoms with E-state index in [0.29, 0.717) is 44.8 Å². The Balaban J connectivity index is 1.30. The van der Waals surface area contributed by atoms with Gasteiger partial charge in [-0.15, -0.1) is 0 Å². The summed E-state index contributed by atoms with van der Waals surface area (Å²) >= 11 is 0. The molecule has 2 aromatic heterocycles. The summed E-state index contributed by atoms with van der Waals surface area (Å²) in [7, 11) is 2.16. The Labute approximate surface area is 253 Å². The van der Waals surface area contributed by atoms with Gasteiger partial charge in [0.05, 0.1) is 42.7 Å². The van der Waals surface area contributed by atoms with Crippen molar-refractivity contribution < 1.29 is 9.53 Å². The number of benzene rings is 1. The summed E-state index contributed by atoms with van der Waals surface area (Å²) in [5.41, 5.74) is 4.39. The number of hydrogen-bond donors (Lipinski definition) is 0. The number of aryl methyl sites for hydroxylation is 1. The average molecular weight is 581 g/mol. The lowest BCUT2D eigenvalue weighted by atomic mass is 9.92. The van der Waals surface area contributed by atoms with E-state index in [4.69, 9.17) is 14.7 Å². The van der Waals surface area contributed by atoms with E-state index in [9.17, 15) is 10.1 Å². The molecule has 0 radical (unpaired) electrons. The minimum absolute atomic E-state index is 0.140. The van der Waals surface area contributed by atoms with Crippen LogP contribution in [-0.2, 0) is 17.8 Å². The van der Waals surface area contributed by atoms with Crippen molar-refractivity contribution in [3.63, 3.8) is 0 Å². The molecule has 43 heavy (non-hydrogen) atoms. The number of nitrogens with zero attached hydrogens (tertiary/aromatic N) is 8. The number of likely N-dealkylation sites (N-methyl/N-ethyl adjacent to an activating group) is 1. The Hall–Kier alpha value is -4.23. The van der Waals surface area contributed by atoms with Crippen LogP contribution in [0, 0.1) is 18.3 Å². The Morgan fingerprint density at radius 1 is 1.21 bits per heavy atom. The Morgan fingerprint density at radius 2 is 2.07 bits per heavy atom. The third-order valence-electron chi connectivity index (χ3n) is 9.28. The second kappa shape index (κ2) is 12.6. The molecule has 224 valence electrons. The summed E-state index contributed by atoms with van der Waals surface area (Å²) < 4.78 is 6.22. The first-order chi connectivity index (χ1) is 21.0. The molecule has 0 unspecified atom stereocenters. The van der Waals surface area contributed by atoms with Crippen molar-refractivity contribution in [2.45, 2.75) is 57.7 Å². The lowest BCUT2D eigenvalue weighted by molar-refractivity contribution is -0.128. The first-order valence-corrected chi connectivity index (χ1v) is 15.3. The van der Waals surface area contributed by atoms with Crippen molar-refractivity contribution in [1.29, 1.82) is 5.26 Å². The number of carbonyl (C=O) groups excluding carboxylic acids is 1. The van der Waals surface area contributed by atoms with E-state index < -0.39 is 0 Å². The van der Waals surface area contributed by atoms with E-state index >= 15 is 0 Å². The molecule has 0 bridgehead atoms. The highest BCUT2D eigenvalue weighted by atomic mass is 16.5. The fourth-order valence-electron chi connectivity index (χ4n) is 6.59.